The van der Waals surface area contributed by atoms with Gasteiger partial charge in [-0.2, -0.15) is 0 Å². The minimum Gasteiger partial charge on any atom is -0.377 e. The SMILES string of the molecule is O=C1CCC2c3cc(Cl)cc([N+](=O)[O-])c3NCCN12. The maximum absolute atomic E-state index is 11.8. The van der Waals surface area contributed by atoms with Crippen molar-refractivity contribution in [2.75, 3.05) is 18.4 Å². The molecule has 1 aromatic rings. The summed E-state index contributed by atoms with van der Waals surface area (Å²) in [6.07, 6.45) is 1.18. The number of anilines is 1. The van der Waals surface area contributed by atoms with Crippen LogP contribution in [0.3, 0.4) is 0 Å². The molecule has 0 aromatic heterocycles. The van der Waals surface area contributed by atoms with E-state index in [2.05, 4.69) is 5.32 Å². The number of nitro groups is 1. The van der Waals surface area contributed by atoms with Crippen molar-refractivity contribution in [3.63, 3.8) is 0 Å². The molecule has 0 bridgehead atoms. The molecule has 2 heterocycles. The van der Waals surface area contributed by atoms with Gasteiger partial charge in [-0.1, -0.05) is 11.6 Å². The number of nitrogens with zero attached hydrogens (tertiary/aromatic N) is 2. The highest BCUT2D eigenvalue weighted by molar-refractivity contribution is 6.31. The van der Waals surface area contributed by atoms with Gasteiger partial charge in [0, 0.05) is 36.2 Å². The van der Waals surface area contributed by atoms with Crippen molar-refractivity contribution in [2.24, 2.45) is 0 Å². The molecule has 0 radical (unpaired) electrons. The predicted molar refractivity (Wildman–Crippen MR) is 70.3 cm³/mol. The molecule has 1 unspecified atom stereocenters. The van der Waals surface area contributed by atoms with Gasteiger partial charge in [0.15, 0.2) is 0 Å². The van der Waals surface area contributed by atoms with Crippen LogP contribution in [0.1, 0.15) is 24.4 Å². The lowest BCUT2D eigenvalue weighted by atomic mass is 10.0. The molecule has 2 aliphatic heterocycles. The summed E-state index contributed by atoms with van der Waals surface area (Å²) in [7, 11) is 0. The minimum absolute atomic E-state index is 0.0244. The van der Waals surface area contributed by atoms with Crippen molar-refractivity contribution in [3.05, 3.63) is 32.8 Å². The number of amides is 1. The fourth-order valence-corrected chi connectivity index (χ4v) is 3.07. The molecule has 0 spiro atoms. The van der Waals surface area contributed by atoms with Crippen molar-refractivity contribution < 1.29 is 9.72 Å². The topological polar surface area (TPSA) is 75.5 Å². The van der Waals surface area contributed by atoms with Crippen LogP contribution >= 0.6 is 11.6 Å². The van der Waals surface area contributed by atoms with Crippen LogP contribution in [0.2, 0.25) is 5.02 Å². The number of nitro benzene ring substituents is 1. The molecule has 100 valence electrons. The summed E-state index contributed by atoms with van der Waals surface area (Å²) in [6.45, 7) is 1.07. The maximum Gasteiger partial charge on any atom is 0.294 e. The van der Waals surface area contributed by atoms with Crippen molar-refractivity contribution in [1.29, 1.82) is 0 Å². The molecule has 3 rings (SSSR count). The first-order valence-electron chi connectivity index (χ1n) is 6.09. The van der Waals surface area contributed by atoms with Gasteiger partial charge in [-0.25, -0.2) is 0 Å². The van der Waals surface area contributed by atoms with Gasteiger partial charge in [0.1, 0.15) is 5.69 Å². The monoisotopic (exact) mass is 281 g/mol. The number of hydrogen-bond donors (Lipinski definition) is 1. The highest BCUT2D eigenvalue weighted by Gasteiger charge is 2.37. The van der Waals surface area contributed by atoms with Crippen LogP contribution in [-0.4, -0.2) is 28.8 Å². The van der Waals surface area contributed by atoms with Crippen LogP contribution in [0.4, 0.5) is 11.4 Å². The second kappa shape index (κ2) is 4.38. The molecule has 0 aliphatic carbocycles. The van der Waals surface area contributed by atoms with Crippen LogP contribution in [0.15, 0.2) is 12.1 Å². The first kappa shape index (κ1) is 12.2. The molecule has 2 aliphatic rings. The van der Waals surface area contributed by atoms with Crippen LogP contribution in [0.5, 0.6) is 0 Å². The van der Waals surface area contributed by atoms with E-state index in [9.17, 15) is 14.9 Å². The van der Waals surface area contributed by atoms with Crippen LogP contribution in [-0.2, 0) is 4.79 Å². The number of nitrogens with one attached hydrogen (secondary N) is 1. The van der Waals surface area contributed by atoms with Crippen molar-refractivity contribution in [2.45, 2.75) is 18.9 Å². The van der Waals surface area contributed by atoms with Gasteiger partial charge in [-0.15, -0.1) is 0 Å². The molecule has 1 saturated heterocycles. The van der Waals surface area contributed by atoms with Gasteiger partial charge in [-0.05, 0) is 12.5 Å². The standard InChI is InChI=1S/C12H12ClN3O3/c13-7-5-8-9-1-2-11(17)15(9)4-3-14-12(8)10(6-7)16(18)19/h5-6,9,14H,1-4H2. The van der Waals surface area contributed by atoms with Crippen molar-refractivity contribution in [1.82, 2.24) is 4.90 Å². The molecule has 1 fully saturated rings. The van der Waals surface area contributed by atoms with Gasteiger partial charge < -0.3 is 10.2 Å². The zero-order valence-corrected chi connectivity index (χ0v) is 10.8. The Labute approximate surface area is 114 Å². The number of rotatable bonds is 1. The molecule has 1 amide bonds. The Balaban J connectivity index is 2.17. The number of carbonyl (C=O) groups excluding carboxylic acids is 1. The summed E-state index contributed by atoms with van der Waals surface area (Å²) in [5.74, 6) is 0.0993. The van der Waals surface area contributed by atoms with E-state index < -0.39 is 4.92 Å². The molecular formula is C12H12ClN3O3. The van der Waals surface area contributed by atoms with Gasteiger partial charge >= 0.3 is 0 Å². The largest absolute Gasteiger partial charge is 0.377 e. The lowest BCUT2D eigenvalue weighted by Gasteiger charge is -2.22. The maximum atomic E-state index is 11.8. The summed E-state index contributed by atoms with van der Waals surface area (Å²) in [4.78, 5) is 24.3. The minimum atomic E-state index is -0.440. The highest BCUT2D eigenvalue weighted by Crippen LogP contribution is 2.43. The van der Waals surface area contributed by atoms with E-state index in [1.165, 1.54) is 6.07 Å². The lowest BCUT2D eigenvalue weighted by molar-refractivity contribution is -0.384. The van der Waals surface area contributed by atoms with Crippen molar-refractivity contribution in [3.8, 4) is 0 Å². The van der Waals surface area contributed by atoms with E-state index in [-0.39, 0.29) is 17.6 Å². The van der Waals surface area contributed by atoms with E-state index in [0.29, 0.717) is 36.6 Å². The van der Waals surface area contributed by atoms with Crippen LogP contribution < -0.4 is 5.32 Å². The Kier molecular flexibility index (Phi) is 2.82. The normalized spacial score (nSPS) is 21.4. The number of fused-ring (bicyclic) bond motifs is 3. The number of benzene rings is 1. The molecule has 1 N–H and O–H groups in total. The average molecular weight is 282 g/mol. The summed E-state index contributed by atoms with van der Waals surface area (Å²) in [6, 6.07) is 2.97. The van der Waals surface area contributed by atoms with Gasteiger partial charge in [-0.3, -0.25) is 14.9 Å². The number of hydrogen-bond acceptors (Lipinski definition) is 4. The summed E-state index contributed by atoms with van der Waals surface area (Å²) in [5.41, 5.74) is 1.22. The van der Waals surface area contributed by atoms with E-state index in [1.807, 2.05) is 0 Å². The van der Waals surface area contributed by atoms with E-state index >= 15 is 0 Å². The van der Waals surface area contributed by atoms with E-state index in [4.69, 9.17) is 11.6 Å². The quantitative estimate of drug-likeness (QED) is 0.633. The molecule has 1 aromatic carbocycles. The van der Waals surface area contributed by atoms with Gasteiger partial charge in [0.25, 0.3) is 5.69 Å². The van der Waals surface area contributed by atoms with E-state index in [0.717, 1.165) is 5.56 Å². The Morgan fingerprint density at radius 2 is 2.26 bits per heavy atom. The molecule has 6 nitrogen and oxygen atoms in total. The molecule has 1 atom stereocenters. The summed E-state index contributed by atoms with van der Waals surface area (Å²) < 4.78 is 0. The Morgan fingerprint density at radius 1 is 1.47 bits per heavy atom. The lowest BCUT2D eigenvalue weighted by Crippen LogP contribution is -2.29. The van der Waals surface area contributed by atoms with Gasteiger partial charge in [0.2, 0.25) is 5.91 Å². The third-order valence-corrected chi connectivity index (χ3v) is 3.87. The average Bonchev–Trinajstić information content (AvgIpc) is 2.62. The second-order valence-corrected chi connectivity index (χ2v) is 5.15. The highest BCUT2D eigenvalue weighted by atomic mass is 35.5. The first-order valence-corrected chi connectivity index (χ1v) is 6.47. The van der Waals surface area contributed by atoms with Gasteiger partial charge in [0.05, 0.1) is 11.0 Å². The Morgan fingerprint density at radius 3 is 3.00 bits per heavy atom. The molecule has 7 heteroatoms. The Hall–Kier alpha value is -1.82. The molecular weight excluding hydrogens is 270 g/mol. The zero-order valence-electron chi connectivity index (χ0n) is 10.1. The van der Waals surface area contributed by atoms with Crippen molar-refractivity contribution >= 4 is 28.9 Å². The number of halogens is 1. The fourth-order valence-electron chi connectivity index (χ4n) is 2.85. The number of carbonyl (C=O) groups is 1. The smallest absolute Gasteiger partial charge is 0.294 e. The first-order chi connectivity index (χ1) is 9.08. The third-order valence-electron chi connectivity index (χ3n) is 3.65. The van der Waals surface area contributed by atoms with Crippen LogP contribution in [0, 0.1) is 10.1 Å². The summed E-state index contributed by atoms with van der Waals surface area (Å²) >= 11 is 5.97. The Bertz CT molecular complexity index is 576. The third kappa shape index (κ3) is 1.92. The predicted octanol–water partition coefficient (Wildman–Crippen LogP) is 2.34. The molecule has 19 heavy (non-hydrogen) atoms. The molecule has 0 saturated carbocycles. The van der Waals surface area contributed by atoms with Crippen LogP contribution in [0.25, 0.3) is 0 Å². The summed E-state index contributed by atoms with van der Waals surface area (Å²) in [5, 5.41) is 14.5. The second-order valence-electron chi connectivity index (χ2n) is 4.71. The zero-order chi connectivity index (χ0) is 13.6. The van der Waals surface area contributed by atoms with E-state index in [1.54, 1.807) is 11.0 Å². The fraction of sp³-hybridized carbons (Fsp3) is 0.417.